The molecule has 6 heteroatoms. The summed E-state index contributed by atoms with van der Waals surface area (Å²) in [4.78, 5) is 25.5. The summed E-state index contributed by atoms with van der Waals surface area (Å²) < 4.78 is 7.18. The van der Waals surface area contributed by atoms with Gasteiger partial charge in [-0.1, -0.05) is 43.3 Å². The van der Waals surface area contributed by atoms with Crippen LogP contribution >= 0.6 is 0 Å². The topological polar surface area (TPSA) is 73.2 Å². The van der Waals surface area contributed by atoms with Gasteiger partial charge in [0.15, 0.2) is 5.69 Å². The van der Waals surface area contributed by atoms with Gasteiger partial charge in [0, 0.05) is 24.4 Å². The molecule has 2 aromatic carbocycles. The van der Waals surface area contributed by atoms with Crippen molar-refractivity contribution in [2.45, 2.75) is 26.3 Å². The van der Waals surface area contributed by atoms with Crippen LogP contribution in [0.2, 0.25) is 0 Å². The smallest absolute Gasteiger partial charge is 0.274 e. The molecule has 0 bridgehead atoms. The third kappa shape index (κ3) is 3.50. The van der Waals surface area contributed by atoms with Crippen LogP contribution < -0.4 is 15.6 Å². The minimum absolute atomic E-state index is 0.161. The molecule has 1 N–H and O–H groups in total. The quantitative estimate of drug-likeness (QED) is 0.742. The molecule has 0 aliphatic carbocycles. The Hall–Kier alpha value is -3.15. The molecule has 0 unspecified atom stereocenters. The van der Waals surface area contributed by atoms with Crippen molar-refractivity contribution in [3.05, 3.63) is 70.1 Å². The lowest BCUT2D eigenvalue weighted by Crippen LogP contribution is -2.36. The Kier molecular flexibility index (Phi) is 5.10. The van der Waals surface area contributed by atoms with Crippen molar-refractivity contribution in [2.75, 3.05) is 13.2 Å². The van der Waals surface area contributed by atoms with E-state index >= 15 is 0 Å². The molecule has 1 aliphatic heterocycles. The third-order valence-electron chi connectivity index (χ3n) is 5.03. The van der Waals surface area contributed by atoms with E-state index in [1.807, 2.05) is 31.2 Å². The average Bonchev–Trinajstić information content (AvgIpc) is 2.74. The van der Waals surface area contributed by atoms with Gasteiger partial charge in [-0.2, -0.15) is 5.10 Å². The zero-order chi connectivity index (χ0) is 19.5. The van der Waals surface area contributed by atoms with E-state index in [0.29, 0.717) is 36.2 Å². The number of nitrogens with zero attached hydrogens (tertiary/aromatic N) is 2. The number of ether oxygens (including phenoxy) is 1. The molecule has 1 aromatic heterocycles. The van der Waals surface area contributed by atoms with Crippen LogP contribution in [0.3, 0.4) is 0 Å². The van der Waals surface area contributed by atoms with Gasteiger partial charge in [-0.15, -0.1) is 0 Å². The van der Waals surface area contributed by atoms with E-state index in [-0.39, 0.29) is 17.4 Å². The van der Waals surface area contributed by atoms with E-state index in [1.54, 1.807) is 18.2 Å². The Labute approximate surface area is 163 Å². The predicted molar refractivity (Wildman–Crippen MR) is 108 cm³/mol. The predicted octanol–water partition coefficient (Wildman–Crippen LogP) is 2.79. The van der Waals surface area contributed by atoms with Crippen LogP contribution in [-0.4, -0.2) is 28.8 Å². The largest absolute Gasteiger partial charge is 0.493 e. The number of amides is 1. The maximum Gasteiger partial charge on any atom is 0.274 e. The number of aromatic nitrogens is 2. The van der Waals surface area contributed by atoms with E-state index in [2.05, 4.69) is 16.5 Å². The maximum absolute atomic E-state index is 12.9. The fraction of sp³-hybridized carbons (Fsp3) is 0.318. The molecule has 6 nitrogen and oxygen atoms in total. The molecule has 0 spiro atoms. The van der Waals surface area contributed by atoms with Crippen LogP contribution in [0, 0.1) is 5.92 Å². The number of nitrogens with one attached hydrogen (secondary N) is 1. The van der Waals surface area contributed by atoms with Gasteiger partial charge in [0.05, 0.1) is 12.0 Å². The molecule has 4 rings (SSSR count). The number of hydrogen-bond acceptors (Lipinski definition) is 4. The molecule has 1 aliphatic rings. The number of rotatable bonds is 5. The van der Waals surface area contributed by atoms with Crippen molar-refractivity contribution in [2.24, 2.45) is 5.92 Å². The second kappa shape index (κ2) is 7.84. The van der Waals surface area contributed by atoms with E-state index in [9.17, 15) is 9.59 Å². The third-order valence-corrected chi connectivity index (χ3v) is 5.03. The molecular weight excluding hydrogens is 354 g/mol. The number of carbonyl (C=O) groups is 1. The first kappa shape index (κ1) is 18.2. The Morgan fingerprint density at radius 3 is 2.75 bits per heavy atom. The van der Waals surface area contributed by atoms with Crippen LogP contribution in [0.5, 0.6) is 5.75 Å². The van der Waals surface area contributed by atoms with E-state index < -0.39 is 0 Å². The summed E-state index contributed by atoms with van der Waals surface area (Å²) in [6, 6.07) is 15.1. The van der Waals surface area contributed by atoms with Crippen molar-refractivity contribution in [1.82, 2.24) is 15.1 Å². The summed E-state index contributed by atoms with van der Waals surface area (Å²) in [5, 5.41) is 8.44. The molecule has 28 heavy (non-hydrogen) atoms. The highest BCUT2D eigenvalue weighted by Gasteiger charge is 2.22. The van der Waals surface area contributed by atoms with Crippen molar-refractivity contribution >= 4 is 16.7 Å². The molecule has 144 valence electrons. The van der Waals surface area contributed by atoms with Gasteiger partial charge in [0.2, 0.25) is 0 Å². The summed E-state index contributed by atoms with van der Waals surface area (Å²) in [5.41, 5.74) is 1.29. The van der Waals surface area contributed by atoms with Crippen LogP contribution in [0.15, 0.2) is 53.3 Å². The number of hydrogen-bond donors (Lipinski definition) is 1. The average molecular weight is 377 g/mol. The summed E-state index contributed by atoms with van der Waals surface area (Å²) in [7, 11) is 0. The normalized spacial score (nSPS) is 15.7. The fourth-order valence-electron chi connectivity index (χ4n) is 3.61. The zero-order valence-corrected chi connectivity index (χ0v) is 15.9. The second-order valence-electron chi connectivity index (χ2n) is 7.12. The monoisotopic (exact) mass is 377 g/mol. The van der Waals surface area contributed by atoms with Crippen LogP contribution in [-0.2, 0) is 13.0 Å². The van der Waals surface area contributed by atoms with E-state index in [1.165, 1.54) is 4.68 Å². The van der Waals surface area contributed by atoms with Crippen LogP contribution in [0.1, 0.15) is 29.4 Å². The Balaban J connectivity index is 1.54. The lowest BCUT2D eigenvalue weighted by Gasteiger charge is -2.25. The highest BCUT2D eigenvalue weighted by atomic mass is 16.5. The zero-order valence-electron chi connectivity index (χ0n) is 15.9. The number of carbonyl (C=O) groups excluding carboxylic acids is 1. The van der Waals surface area contributed by atoms with Crippen molar-refractivity contribution in [3.8, 4) is 5.75 Å². The summed E-state index contributed by atoms with van der Waals surface area (Å²) in [6.45, 7) is 3.53. The molecule has 0 radical (unpaired) electrons. The minimum Gasteiger partial charge on any atom is -0.493 e. The summed E-state index contributed by atoms with van der Waals surface area (Å²) >= 11 is 0. The van der Waals surface area contributed by atoms with Crippen LogP contribution in [0.4, 0.5) is 0 Å². The van der Waals surface area contributed by atoms with Gasteiger partial charge in [-0.05, 0) is 30.5 Å². The Morgan fingerprint density at radius 2 is 1.93 bits per heavy atom. The first-order chi connectivity index (χ1) is 13.7. The van der Waals surface area contributed by atoms with Crippen molar-refractivity contribution < 1.29 is 9.53 Å². The molecule has 0 saturated carbocycles. The molecule has 0 saturated heterocycles. The molecule has 1 amide bonds. The molecule has 0 fully saturated rings. The maximum atomic E-state index is 12.9. The van der Waals surface area contributed by atoms with Gasteiger partial charge < -0.3 is 10.1 Å². The van der Waals surface area contributed by atoms with Crippen LogP contribution in [0.25, 0.3) is 10.8 Å². The highest BCUT2D eigenvalue weighted by Crippen LogP contribution is 2.26. The first-order valence-electron chi connectivity index (χ1n) is 9.66. The number of aryl methyl sites for hydroxylation is 1. The molecule has 2 heterocycles. The number of para-hydroxylation sites is 1. The number of fused-ring (bicyclic) bond motifs is 2. The highest BCUT2D eigenvalue weighted by molar-refractivity contribution is 6.04. The van der Waals surface area contributed by atoms with Crippen molar-refractivity contribution in [1.29, 1.82) is 0 Å². The lowest BCUT2D eigenvalue weighted by molar-refractivity contribution is 0.0933. The van der Waals surface area contributed by atoms with Gasteiger partial charge in [0.1, 0.15) is 5.75 Å². The minimum atomic E-state index is -0.264. The first-order valence-corrected chi connectivity index (χ1v) is 9.66. The van der Waals surface area contributed by atoms with Gasteiger partial charge >= 0.3 is 0 Å². The molecule has 3 aromatic rings. The summed E-state index contributed by atoms with van der Waals surface area (Å²) in [6.07, 6.45) is 1.63. The molecular formula is C22H23N3O3. The number of benzene rings is 2. The standard InChI is InChI=1S/C22H23N3O3/c1-2-11-25-22(27)18-9-5-4-8-17(18)20(24-25)21(26)23-13-15-12-16-7-3-6-10-19(16)28-14-15/h3-10,15H,2,11-14H2,1H3,(H,23,26)/t15-/m0/s1. The van der Waals surface area contributed by atoms with E-state index in [0.717, 1.165) is 24.2 Å². The van der Waals surface area contributed by atoms with Crippen molar-refractivity contribution in [3.63, 3.8) is 0 Å². The lowest BCUT2D eigenvalue weighted by atomic mass is 9.96. The Bertz CT molecular complexity index is 1070. The fourth-order valence-corrected chi connectivity index (χ4v) is 3.61. The van der Waals surface area contributed by atoms with Gasteiger partial charge in [-0.3, -0.25) is 9.59 Å². The van der Waals surface area contributed by atoms with E-state index in [4.69, 9.17) is 4.74 Å². The van der Waals surface area contributed by atoms with Gasteiger partial charge in [-0.25, -0.2) is 4.68 Å². The second-order valence-corrected chi connectivity index (χ2v) is 7.12. The molecule has 1 atom stereocenters. The summed E-state index contributed by atoms with van der Waals surface area (Å²) in [5.74, 6) is 0.857. The SMILES string of the molecule is CCCn1nc(C(=O)NC[C@H]2COc3ccccc3C2)c2ccccc2c1=O. The van der Waals surface area contributed by atoms with Gasteiger partial charge in [0.25, 0.3) is 11.5 Å². The Morgan fingerprint density at radius 1 is 1.18 bits per heavy atom.